The number of carbonyl (C=O) groups excluding carboxylic acids is 2. The minimum absolute atomic E-state index is 0.0234. The maximum absolute atomic E-state index is 13.8. The highest BCUT2D eigenvalue weighted by Gasteiger charge is 2.38. The number of hydrogen-bond acceptors (Lipinski definition) is 15. The monoisotopic (exact) mass is 1100 g/mol. The number of amides is 2. The molecule has 7 aromatic rings. The van der Waals surface area contributed by atoms with Crippen LogP contribution in [0.2, 0.25) is 5.02 Å². The number of benzene rings is 4. The number of nitrogens with one attached hydrogen (secondary N) is 3. The molecule has 2 unspecified atom stereocenters. The number of aromatic nitrogens is 4. The summed E-state index contributed by atoms with van der Waals surface area (Å²) in [4.78, 5) is 51.8. The first kappa shape index (κ1) is 54.4. The molecule has 2 atom stereocenters. The van der Waals surface area contributed by atoms with Gasteiger partial charge in [0.05, 0.1) is 60.1 Å². The summed E-state index contributed by atoms with van der Waals surface area (Å²) in [6, 6.07) is 32.1. The Morgan fingerprint density at radius 3 is 2.40 bits per heavy atom. The molecule has 2 saturated heterocycles. The van der Waals surface area contributed by atoms with Crippen LogP contribution in [0.3, 0.4) is 0 Å². The van der Waals surface area contributed by atoms with Crippen molar-refractivity contribution in [3.05, 3.63) is 147 Å². The molecule has 3 aliphatic rings. The SMILES string of the molecule is Cc1ncsc1-c1ccc(CNC(=O)C2CCCN2SOC(C(C)C)N2Cc3ccccc3C2=O)c(OCCOCCOCCN2CCN(Cc3ccc(-c4cc5c(NCc6ccccc6Cl)ncnc5[nH]4)cc3)CC2)c1. The lowest BCUT2D eigenvalue weighted by atomic mass is 10.1. The second-order valence-corrected chi connectivity index (χ2v) is 22.1. The quantitative estimate of drug-likeness (QED) is 0.0282. The molecule has 0 saturated carbocycles. The van der Waals surface area contributed by atoms with Gasteiger partial charge in [0, 0.05) is 87.3 Å². The van der Waals surface area contributed by atoms with Gasteiger partial charge in [-0.3, -0.25) is 23.6 Å². The third-order valence-electron chi connectivity index (χ3n) is 14.4. The highest BCUT2D eigenvalue weighted by molar-refractivity contribution is 7.92. The number of halogens is 1. The van der Waals surface area contributed by atoms with Crippen molar-refractivity contribution in [3.63, 3.8) is 0 Å². The molecular weight excluding hydrogens is 1030 g/mol. The molecule has 3 aromatic heterocycles. The van der Waals surface area contributed by atoms with Gasteiger partial charge in [-0.2, -0.15) is 0 Å². The van der Waals surface area contributed by atoms with Crippen LogP contribution in [0.15, 0.2) is 109 Å². The number of nitrogens with zero attached hydrogens (tertiary/aromatic N) is 7. The fraction of sp³-hybridized carbons (Fsp3) is 0.397. The molecule has 77 heavy (non-hydrogen) atoms. The van der Waals surface area contributed by atoms with Gasteiger partial charge in [0.2, 0.25) is 5.91 Å². The van der Waals surface area contributed by atoms with E-state index in [1.807, 2.05) is 91.3 Å². The van der Waals surface area contributed by atoms with Crippen molar-refractivity contribution in [2.45, 2.75) is 72.1 Å². The number of piperazine rings is 1. The molecule has 16 nitrogen and oxygen atoms in total. The van der Waals surface area contributed by atoms with Crippen LogP contribution in [-0.4, -0.2) is 135 Å². The average Bonchev–Trinajstić information content (AvgIpc) is 4.27. The second-order valence-electron chi connectivity index (χ2n) is 20.0. The van der Waals surface area contributed by atoms with E-state index in [0.29, 0.717) is 71.4 Å². The zero-order valence-electron chi connectivity index (χ0n) is 43.9. The van der Waals surface area contributed by atoms with Gasteiger partial charge in [0.1, 0.15) is 36.2 Å². The fourth-order valence-electron chi connectivity index (χ4n) is 10.1. The molecule has 3 aliphatic heterocycles. The summed E-state index contributed by atoms with van der Waals surface area (Å²) in [5.41, 5.74) is 11.6. The van der Waals surface area contributed by atoms with Gasteiger partial charge >= 0.3 is 0 Å². The Hall–Kier alpha value is -5.93. The number of ether oxygens (including phenoxy) is 3. The summed E-state index contributed by atoms with van der Waals surface area (Å²) in [5, 5.41) is 8.27. The lowest BCUT2D eigenvalue weighted by molar-refractivity contribution is -0.124. The predicted octanol–water partition coefficient (Wildman–Crippen LogP) is 9.85. The molecule has 10 rings (SSSR count). The lowest BCUT2D eigenvalue weighted by Gasteiger charge is -2.34. The normalized spacial score (nSPS) is 16.7. The maximum Gasteiger partial charge on any atom is 0.256 e. The molecular formula is C58H67ClN10O6S2. The van der Waals surface area contributed by atoms with Gasteiger partial charge < -0.3 is 34.7 Å². The third kappa shape index (κ3) is 13.7. The minimum Gasteiger partial charge on any atom is -0.491 e. The van der Waals surface area contributed by atoms with Gasteiger partial charge in [-0.25, -0.2) is 19.3 Å². The first-order valence-corrected chi connectivity index (χ1v) is 28.5. The minimum atomic E-state index is -0.440. The zero-order valence-corrected chi connectivity index (χ0v) is 46.3. The molecule has 0 radical (unpaired) electrons. The second kappa shape index (κ2) is 26.1. The van der Waals surface area contributed by atoms with Gasteiger partial charge in [-0.1, -0.05) is 98.2 Å². The average molecular weight is 1100 g/mol. The van der Waals surface area contributed by atoms with Crippen molar-refractivity contribution in [1.82, 2.24) is 44.3 Å². The Kier molecular flexibility index (Phi) is 18.5. The van der Waals surface area contributed by atoms with Gasteiger partial charge in [-0.05, 0) is 77.8 Å². The smallest absolute Gasteiger partial charge is 0.256 e. The molecule has 4 aromatic carbocycles. The number of H-pyrrole nitrogens is 1. The number of carbonyl (C=O) groups is 2. The van der Waals surface area contributed by atoms with Gasteiger partial charge in [-0.15, -0.1) is 11.3 Å². The summed E-state index contributed by atoms with van der Waals surface area (Å²) >= 11 is 9.17. The van der Waals surface area contributed by atoms with E-state index in [-0.39, 0.29) is 23.8 Å². The summed E-state index contributed by atoms with van der Waals surface area (Å²) in [5.74, 6) is 1.42. The summed E-state index contributed by atoms with van der Waals surface area (Å²) in [7, 11) is 0. The summed E-state index contributed by atoms with van der Waals surface area (Å²) in [6.07, 6.45) is 2.71. The number of hydrogen-bond donors (Lipinski definition) is 3. The molecule has 6 heterocycles. The van der Waals surface area contributed by atoms with E-state index in [1.54, 1.807) is 22.6 Å². The topological polar surface area (TPSA) is 163 Å². The van der Waals surface area contributed by atoms with E-state index in [0.717, 1.165) is 117 Å². The molecule has 2 amide bonds. The van der Waals surface area contributed by atoms with Crippen molar-refractivity contribution in [1.29, 1.82) is 0 Å². The first-order valence-electron chi connectivity index (χ1n) is 26.6. The standard InChI is InChI=1S/C58H67ClN10O6S2/c1-39(2)58(68-36-46-10-4-6-11-47(46)57(68)71)75-77-69-20-8-13-51(69)56(70)61-34-45-19-18-43(53-40(3)64-38-76-53)31-52(45)74-30-29-73-28-27-72-26-25-66-21-23-67(24-22-66)35-41-14-16-42(17-15-41)50-32-48-54(62-37-63-55(48)65-50)60-33-44-9-5-7-12-49(44)59/h4-7,9-12,14-19,31-32,37-39,51,58H,8,13,20-30,33-36H2,1-3H3,(H,61,70)(H2,60,62,63,65). The molecule has 19 heteroatoms. The number of thiazole rings is 1. The number of rotatable bonds is 25. The number of aromatic amines is 1. The van der Waals surface area contributed by atoms with E-state index >= 15 is 0 Å². The highest BCUT2D eigenvalue weighted by Crippen LogP contribution is 2.35. The van der Waals surface area contributed by atoms with Crippen molar-refractivity contribution in [2.24, 2.45) is 5.92 Å². The molecule has 0 aliphatic carbocycles. The van der Waals surface area contributed by atoms with Crippen LogP contribution in [-0.2, 0) is 44.6 Å². The van der Waals surface area contributed by atoms with Gasteiger partial charge in [0.25, 0.3) is 5.91 Å². The third-order valence-corrected chi connectivity index (χ3v) is 16.6. The van der Waals surface area contributed by atoms with Crippen molar-refractivity contribution in [2.75, 3.05) is 77.6 Å². The fourth-order valence-corrected chi connectivity index (χ4v) is 12.1. The zero-order chi connectivity index (χ0) is 53.1. The molecule has 2 fully saturated rings. The number of aryl methyl sites for hydroxylation is 1. The van der Waals surface area contributed by atoms with E-state index in [2.05, 4.69) is 76.8 Å². The van der Waals surface area contributed by atoms with Crippen LogP contribution >= 0.6 is 35.2 Å². The largest absolute Gasteiger partial charge is 0.491 e. The number of fused-ring (bicyclic) bond motifs is 2. The van der Waals surface area contributed by atoms with Crippen molar-refractivity contribution < 1.29 is 28.0 Å². The van der Waals surface area contributed by atoms with Crippen molar-refractivity contribution >= 4 is 63.8 Å². The van der Waals surface area contributed by atoms with E-state index in [9.17, 15) is 9.59 Å². The Bertz CT molecular complexity index is 3090. The van der Waals surface area contributed by atoms with Crippen molar-refractivity contribution in [3.8, 4) is 27.4 Å². The molecule has 404 valence electrons. The van der Waals surface area contributed by atoms with Crippen LogP contribution in [0, 0.1) is 12.8 Å². The Balaban J connectivity index is 0.622. The Labute approximate surface area is 464 Å². The molecule has 0 bridgehead atoms. The first-order chi connectivity index (χ1) is 37.6. The summed E-state index contributed by atoms with van der Waals surface area (Å²) < 4.78 is 26.7. The van der Waals surface area contributed by atoms with E-state index in [1.165, 1.54) is 17.8 Å². The molecule has 3 N–H and O–H groups in total. The van der Waals surface area contributed by atoms with Crippen LogP contribution < -0.4 is 15.4 Å². The van der Waals surface area contributed by atoms with Crippen LogP contribution in [0.1, 0.15) is 65.0 Å². The predicted molar refractivity (Wildman–Crippen MR) is 304 cm³/mol. The van der Waals surface area contributed by atoms with Crippen LogP contribution in [0.5, 0.6) is 5.75 Å². The van der Waals surface area contributed by atoms with E-state index in [4.69, 9.17) is 30.0 Å². The summed E-state index contributed by atoms with van der Waals surface area (Å²) in [6.45, 7) is 16.3. The Morgan fingerprint density at radius 2 is 1.61 bits per heavy atom. The van der Waals surface area contributed by atoms with Gasteiger partial charge in [0.15, 0.2) is 6.23 Å². The van der Waals surface area contributed by atoms with Crippen LogP contribution in [0.25, 0.3) is 32.7 Å². The highest BCUT2D eigenvalue weighted by atomic mass is 35.5. The maximum atomic E-state index is 13.8. The molecule has 0 spiro atoms. The lowest BCUT2D eigenvalue weighted by Crippen LogP contribution is -2.46. The number of anilines is 1. The van der Waals surface area contributed by atoms with Crippen LogP contribution in [0.4, 0.5) is 5.82 Å². The Morgan fingerprint density at radius 1 is 0.844 bits per heavy atom. The van der Waals surface area contributed by atoms with E-state index < -0.39 is 6.23 Å².